The molecular weight excluding hydrogens is 414 g/mol. The molecule has 7 nitrogen and oxygen atoms in total. The van der Waals surface area contributed by atoms with E-state index >= 15 is 0 Å². The third-order valence-electron chi connectivity index (χ3n) is 6.26. The van der Waals surface area contributed by atoms with Crippen molar-refractivity contribution in [3.05, 3.63) is 50.9 Å². The lowest BCUT2D eigenvalue weighted by atomic mass is 9.91. The highest BCUT2D eigenvalue weighted by atomic mass is 32.1. The van der Waals surface area contributed by atoms with Crippen molar-refractivity contribution in [2.75, 3.05) is 27.3 Å². The highest BCUT2D eigenvalue weighted by molar-refractivity contribution is 7.18. The van der Waals surface area contributed by atoms with E-state index in [1.165, 1.54) is 0 Å². The number of hydrogen-bond acceptors (Lipinski definition) is 7. The predicted molar refractivity (Wildman–Crippen MR) is 122 cm³/mol. The number of rotatable bonds is 6. The van der Waals surface area contributed by atoms with Crippen molar-refractivity contribution in [2.45, 2.75) is 45.4 Å². The lowest BCUT2D eigenvalue weighted by molar-refractivity contribution is -0.0364. The number of aryl methyl sites for hydroxylation is 2. The first-order valence-electron chi connectivity index (χ1n) is 10.4. The Labute approximate surface area is 185 Å². The molecule has 1 saturated heterocycles. The quantitative estimate of drug-likeness (QED) is 0.631. The SMILES string of the molecule is COc1ccc(CN2CCC(O)(Cn3cnc4sc(C)c(C)c4c3=O)CC2)cc1OC. The first kappa shape index (κ1) is 21.8. The molecule has 0 unspecified atom stereocenters. The van der Waals surface area contributed by atoms with Crippen LogP contribution in [-0.4, -0.2) is 52.5 Å². The highest BCUT2D eigenvalue weighted by Crippen LogP contribution is 2.30. The number of piperidine rings is 1. The minimum atomic E-state index is -0.910. The molecule has 2 aromatic heterocycles. The van der Waals surface area contributed by atoms with Crippen LogP contribution in [0.1, 0.15) is 28.8 Å². The van der Waals surface area contributed by atoms with Crippen molar-refractivity contribution < 1.29 is 14.6 Å². The fraction of sp³-hybridized carbons (Fsp3) is 0.478. The maximum atomic E-state index is 13.0. The smallest absolute Gasteiger partial charge is 0.262 e. The Hall–Kier alpha value is -2.42. The van der Waals surface area contributed by atoms with Crippen LogP contribution < -0.4 is 15.0 Å². The van der Waals surface area contributed by atoms with Crippen LogP contribution in [0.25, 0.3) is 10.2 Å². The molecule has 3 aromatic rings. The zero-order valence-electron chi connectivity index (χ0n) is 18.5. The average molecular weight is 444 g/mol. The zero-order chi connectivity index (χ0) is 22.2. The van der Waals surface area contributed by atoms with Gasteiger partial charge in [0.05, 0.1) is 38.1 Å². The van der Waals surface area contributed by atoms with Crippen molar-refractivity contribution >= 4 is 21.6 Å². The zero-order valence-corrected chi connectivity index (χ0v) is 19.3. The first-order chi connectivity index (χ1) is 14.8. The molecule has 0 saturated carbocycles. The van der Waals surface area contributed by atoms with Gasteiger partial charge < -0.3 is 14.6 Å². The summed E-state index contributed by atoms with van der Waals surface area (Å²) in [5.74, 6) is 1.43. The molecule has 0 amide bonds. The van der Waals surface area contributed by atoms with E-state index in [-0.39, 0.29) is 12.1 Å². The van der Waals surface area contributed by atoms with Crippen LogP contribution in [0.3, 0.4) is 0 Å². The number of ether oxygens (including phenoxy) is 2. The molecule has 0 spiro atoms. The molecule has 0 atom stereocenters. The molecule has 3 heterocycles. The number of aliphatic hydroxyl groups is 1. The van der Waals surface area contributed by atoms with Gasteiger partial charge in [-0.15, -0.1) is 11.3 Å². The van der Waals surface area contributed by atoms with Crippen LogP contribution >= 0.6 is 11.3 Å². The van der Waals surface area contributed by atoms with Crippen LogP contribution in [-0.2, 0) is 13.1 Å². The lowest BCUT2D eigenvalue weighted by Gasteiger charge is -2.38. The van der Waals surface area contributed by atoms with Gasteiger partial charge in [-0.3, -0.25) is 14.3 Å². The summed E-state index contributed by atoms with van der Waals surface area (Å²) < 4.78 is 12.3. The fourth-order valence-electron chi connectivity index (χ4n) is 4.22. The molecule has 1 N–H and O–H groups in total. The third-order valence-corrected chi connectivity index (χ3v) is 7.38. The molecular formula is C23H29N3O4S. The van der Waals surface area contributed by atoms with E-state index in [4.69, 9.17) is 9.47 Å². The minimum absolute atomic E-state index is 0.0620. The molecule has 8 heteroatoms. The summed E-state index contributed by atoms with van der Waals surface area (Å²) in [6, 6.07) is 5.94. The van der Waals surface area contributed by atoms with E-state index in [1.807, 2.05) is 32.0 Å². The second-order valence-corrected chi connectivity index (χ2v) is 9.53. The molecule has 0 radical (unpaired) electrons. The van der Waals surface area contributed by atoms with Gasteiger partial charge in [-0.2, -0.15) is 0 Å². The average Bonchev–Trinajstić information content (AvgIpc) is 3.06. The van der Waals surface area contributed by atoms with E-state index < -0.39 is 5.60 Å². The van der Waals surface area contributed by atoms with E-state index in [9.17, 15) is 9.90 Å². The Morgan fingerprint density at radius 3 is 2.55 bits per heavy atom. The molecule has 1 fully saturated rings. The van der Waals surface area contributed by atoms with E-state index in [1.54, 1.807) is 36.5 Å². The normalized spacial score (nSPS) is 16.5. The summed E-state index contributed by atoms with van der Waals surface area (Å²) in [5.41, 5.74) is 1.15. The maximum absolute atomic E-state index is 13.0. The van der Waals surface area contributed by atoms with E-state index in [0.717, 1.165) is 46.2 Å². The van der Waals surface area contributed by atoms with Crippen LogP contribution in [0, 0.1) is 13.8 Å². The number of likely N-dealkylation sites (tertiary alicyclic amines) is 1. The third kappa shape index (κ3) is 4.33. The van der Waals surface area contributed by atoms with Gasteiger partial charge in [0.25, 0.3) is 5.56 Å². The summed E-state index contributed by atoms with van der Waals surface area (Å²) >= 11 is 1.54. The molecule has 1 aromatic carbocycles. The number of methoxy groups -OCH3 is 2. The van der Waals surface area contributed by atoms with Gasteiger partial charge >= 0.3 is 0 Å². The Morgan fingerprint density at radius 1 is 1.16 bits per heavy atom. The molecule has 0 bridgehead atoms. The monoisotopic (exact) mass is 443 g/mol. The Bertz CT molecular complexity index is 1150. The number of fused-ring (bicyclic) bond motifs is 1. The molecule has 4 rings (SSSR count). The van der Waals surface area contributed by atoms with Crippen molar-refractivity contribution in [2.24, 2.45) is 0 Å². The second kappa shape index (κ2) is 8.61. The molecule has 31 heavy (non-hydrogen) atoms. The topological polar surface area (TPSA) is 76.8 Å². The van der Waals surface area contributed by atoms with E-state index in [0.29, 0.717) is 24.0 Å². The molecule has 1 aliphatic heterocycles. The van der Waals surface area contributed by atoms with Gasteiger partial charge in [-0.25, -0.2) is 4.98 Å². The summed E-state index contributed by atoms with van der Waals surface area (Å²) in [6.07, 6.45) is 2.78. The minimum Gasteiger partial charge on any atom is -0.493 e. The van der Waals surface area contributed by atoms with Crippen molar-refractivity contribution in [1.29, 1.82) is 0 Å². The second-order valence-electron chi connectivity index (χ2n) is 8.33. The van der Waals surface area contributed by atoms with Crippen molar-refractivity contribution in [1.82, 2.24) is 14.5 Å². The summed E-state index contributed by atoms with van der Waals surface area (Å²) in [6.45, 7) is 6.53. The molecule has 166 valence electrons. The summed E-state index contributed by atoms with van der Waals surface area (Å²) in [7, 11) is 3.26. The van der Waals surface area contributed by atoms with Gasteiger partial charge in [0.15, 0.2) is 11.5 Å². The van der Waals surface area contributed by atoms with Crippen molar-refractivity contribution in [3.8, 4) is 11.5 Å². The van der Waals surface area contributed by atoms with E-state index in [2.05, 4.69) is 9.88 Å². The maximum Gasteiger partial charge on any atom is 0.262 e. The highest BCUT2D eigenvalue weighted by Gasteiger charge is 2.33. The van der Waals surface area contributed by atoms with Gasteiger partial charge in [0.1, 0.15) is 4.83 Å². The number of benzene rings is 1. The van der Waals surface area contributed by atoms with Crippen LogP contribution in [0.2, 0.25) is 0 Å². The number of aromatic nitrogens is 2. The van der Waals surface area contributed by atoms with Gasteiger partial charge in [0, 0.05) is 24.5 Å². The number of nitrogens with zero attached hydrogens (tertiary/aromatic N) is 3. The van der Waals surface area contributed by atoms with Crippen LogP contribution in [0.4, 0.5) is 0 Å². The Morgan fingerprint density at radius 2 is 1.87 bits per heavy atom. The fourth-order valence-corrected chi connectivity index (χ4v) is 5.21. The lowest BCUT2D eigenvalue weighted by Crippen LogP contribution is -2.47. The van der Waals surface area contributed by atoms with Gasteiger partial charge in [0.2, 0.25) is 0 Å². The van der Waals surface area contributed by atoms with Crippen LogP contribution in [0.15, 0.2) is 29.3 Å². The standard InChI is InChI=1S/C23H29N3O4S/c1-15-16(2)31-21-20(15)22(27)26(14-24-21)13-23(28)7-9-25(10-8-23)12-17-5-6-18(29-3)19(11-17)30-4/h5-6,11,14,28H,7-10,12-13H2,1-4H3. The largest absolute Gasteiger partial charge is 0.493 e. The summed E-state index contributed by atoms with van der Waals surface area (Å²) in [5, 5.41) is 11.9. The molecule has 0 aliphatic carbocycles. The van der Waals surface area contributed by atoms with Crippen molar-refractivity contribution in [3.63, 3.8) is 0 Å². The van der Waals surface area contributed by atoms with Gasteiger partial charge in [-0.05, 0) is 49.9 Å². The summed E-state index contributed by atoms with van der Waals surface area (Å²) in [4.78, 5) is 21.6. The predicted octanol–water partition coefficient (Wildman–Crippen LogP) is 3.12. The Balaban J connectivity index is 1.43. The number of hydrogen-bond donors (Lipinski definition) is 1. The van der Waals surface area contributed by atoms with Gasteiger partial charge in [-0.1, -0.05) is 6.07 Å². The first-order valence-corrected chi connectivity index (χ1v) is 11.3. The number of thiophene rings is 1. The molecule has 1 aliphatic rings. The van der Waals surface area contributed by atoms with Crippen LogP contribution in [0.5, 0.6) is 11.5 Å². The Kier molecular flexibility index (Phi) is 6.05.